The maximum atomic E-state index is 12.4. The Balaban J connectivity index is 1.57. The standard InChI is InChI=1S/C18H18N4O4S/c1-11-7-8-15(26-11)18-21-12(2)16(27-18)17(23)20-10-9-19-13-5-3-4-6-14(13)22(24)25/h3-8,19H,9-10H2,1-2H3,(H,20,23). The summed E-state index contributed by atoms with van der Waals surface area (Å²) in [6, 6.07) is 10.1. The van der Waals surface area contributed by atoms with Gasteiger partial charge in [0, 0.05) is 19.2 Å². The molecule has 0 unspecified atom stereocenters. The number of nitro benzene ring substituents is 1. The zero-order valence-corrected chi connectivity index (χ0v) is 15.6. The van der Waals surface area contributed by atoms with Gasteiger partial charge in [-0.2, -0.15) is 0 Å². The molecule has 0 atom stereocenters. The highest BCUT2D eigenvalue weighted by Crippen LogP contribution is 2.29. The first-order chi connectivity index (χ1) is 13.0. The predicted molar refractivity (Wildman–Crippen MR) is 103 cm³/mol. The summed E-state index contributed by atoms with van der Waals surface area (Å²) in [6.45, 7) is 4.30. The number of aryl methyl sites for hydroxylation is 2. The molecule has 27 heavy (non-hydrogen) atoms. The number of thiazole rings is 1. The minimum atomic E-state index is -0.445. The van der Waals surface area contributed by atoms with E-state index in [1.165, 1.54) is 17.4 Å². The van der Waals surface area contributed by atoms with Crippen LogP contribution in [-0.2, 0) is 0 Å². The molecule has 8 nitrogen and oxygen atoms in total. The predicted octanol–water partition coefficient (Wildman–Crippen LogP) is 3.77. The summed E-state index contributed by atoms with van der Waals surface area (Å²) < 4.78 is 5.55. The van der Waals surface area contributed by atoms with Gasteiger partial charge in [-0.05, 0) is 32.0 Å². The van der Waals surface area contributed by atoms with E-state index in [9.17, 15) is 14.9 Å². The average molecular weight is 386 g/mol. The Morgan fingerprint density at radius 2 is 2.00 bits per heavy atom. The van der Waals surface area contributed by atoms with Crippen molar-refractivity contribution in [3.05, 3.63) is 62.8 Å². The van der Waals surface area contributed by atoms with Crippen molar-refractivity contribution >= 4 is 28.6 Å². The van der Waals surface area contributed by atoms with Gasteiger partial charge in [-0.25, -0.2) is 4.98 Å². The fraction of sp³-hybridized carbons (Fsp3) is 0.222. The Kier molecular flexibility index (Phi) is 5.51. The highest BCUT2D eigenvalue weighted by Gasteiger charge is 2.18. The molecule has 140 valence electrons. The van der Waals surface area contributed by atoms with Crippen molar-refractivity contribution in [1.29, 1.82) is 0 Å². The Labute approximate surface area is 159 Å². The molecule has 9 heteroatoms. The number of carbonyl (C=O) groups is 1. The lowest BCUT2D eigenvalue weighted by Gasteiger charge is -2.08. The van der Waals surface area contributed by atoms with E-state index in [4.69, 9.17) is 4.42 Å². The topological polar surface area (TPSA) is 110 Å². The maximum absolute atomic E-state index is 12.4. The molecule has 0 saturated carbocycles. The van der Waals surface area contributed by atoms with Crippen LogP contribution in [-0.4, -0.2) is 28.9 Å². The number of carbonyl (C=O) groups excluding carboxylic acids is 1. The number of aromatic nitrogens is 1. The van der Waals surface area contributed by atoms with Gasteiger partial charge in [0.05, 0.1) is 10.6 Å². The van der Waals surface area contributed by atoms with Crippen molar-refractivity contribution in [2.75, 3.05) is 18.4 Å². The number of rotatable bonds is 7. The van der Waals surface area contributed by atoms with Crippen molar-refractivity contribution in [3.8, 4) is 10.8 Å². The molecule has 0 radical (unpaired) electrons. The number of benzene rings is 1. The lowest BCUT2D eigenvalue weighted by atomic mass is 10.2. The van der Waals surface area contributed by atoms with Gasteiger partial charge < -0.3 is 15.1 Å². The van der Waals surface area contributed by atoms with Crippen LogP contribution in [0.1, 0.15) is 21.1 Å². The smallest absolute Gasteiger partial charge is 0.292 e. The number of nitro groups is 1. The third-order valence-corrected chi connectivity index (χ3v) is 4.95. The van der Waals surface area contributed by atoms with E-state index in [1.54, 1.807) is 25.1 Å². The van der Waals surface area contributed by atoms with Crippen LogP contribution < -0.4 is 10.6 Å². The monoisotopic (exact) mass is 386 g/mol. The number of nitrogens with zero attached hydrogens (tertiary/aromatic N) is 2. The Hall–Kier alpha value is -3.20. The maximum Gasteiger partial charge on any atom is 0.292 e. The van der Waals surface area contributed by atoms with Gasteiger partial charge in [0.1, 0.15) is 16.3 Å². The minimum Gasteiger partial charge on any atom is -0.459 e. The van der Waals surface area contributed by atoms with Crippen LogP contribution in [0.2, 0.25) is 0 Å². The van der Waals surface area contributed by atoms with E-state index in [2.05, 4.69) is 15.6 Å². The lowest BCUT2D eigenvalue weighted by Crippen LogP contribution is -2.28. The highest BCUT2D eigenvalue weighted by molar-refractivity contribution is 7.17. The molecule has 1 amide bonds. The molecule has 2 heterocycles. The van der Waals surface area contributed by atoms with Gasteiger partial charge in [0.15, 0.2) is 10.8 Å². The highest BCUT2D eigenvalue weighted by atomic mass is 32.1. The summed E-state index contributed by atoms with van der Waals surface area (Å²) in [5.74, 6) is 1.19. The van der Waals surface area contributed by atoms with Crippen molar-refractivity contribution in [2.24, 2.45) is 0 Å². The Morgan fingerprint density at radius 1 is 1.22 bits per heavy atom. The number of para-hydroxylation sites is 2. The van der Waals surface area contributed by atoms with Crippen LogP contribution in [0.5, 0.6) is 0 Å². The van der Waals surface area contributed by atoms with Crippen LogP contribution >= 0.6 is 11.3 Å². The summed E-state index contributed by atoms with van der Waals surface area (Å²) in [7, 11) is 0. The molecule has 2 aromatic heterocycles. The second-order valence-corrected chi connectivity index (χ2v) is 6.80. The third kappa shape index (κ3) is 4.32. The first-order valence-electron chi connectivity index (χ1n) is 8.25. The van der Waals surface area contributed by atoms with E-state index < -0.39 is 4.92 Å². The number of nitrogens with one attached hydrogen (secondary N) is 2. The average Bonchev–Trinajstić information content (AvgIpc) is 3.24. The molecule has 0 fully saturated rings. The van der Waals surface area contributed by atoms with E-state index in [0.29, 0.717) is 40.1 Å². The molecular formula is C18H18N4O4S. The van der Waals surface area contributed by atoms with Crippen LogP contribution in [0, 0.1) is 24.0 Å². The number of amides is 1. The number of hydrogen-bond donors (Lipinski definition) is 2. The van der Waals surface area contributed by atoms with Gasteiger partial charge in [-0.3, -0.25) is 14.9 Å². The fourth-order valence-corrected chi connectivity index (χ4v) is 3.44. The van der Waals surface area contributed by atoms with Crippen molar-refractivity contribution in [1.82, 2.24) is 10.3 Å². The first kappa shape index (κ1) is 18.6. The van der Waals surface area contributed by atoms with Gasteiger partial charge in [-0.1, -0.05) is 12.1 Å². The van der Waals surface area contributed by atoms with E-state index in [0.717, 1.165) is 5.76 Å². The molecule has 0 aliphatic heterocycles. The van der Waals surface area contributed by atoms with Gasteiger partial charge in [0.2, 0.25) is 0 Å². The second kappa shape index (κ2) is 8.00. The molecule has 1 aromatic carbocycles. The molecule has 3 rings (SSSR count). The molecule has 3 aromatic rings. The minimum absolute atomic E-state index is 0.000473. The molecule has 0 aliphatic rings. The zero-order valence-electron chi connectivity index (χ0n) is 14.8. The normalized spacial score (nSPS) is 10.6. The quantitative estimate of drug-likeness (QED) is 0.363. The largest absolute Gasteiger partial charge is 0.459 e. The molecule has 0 bridgehead atoms. The Bertz CT molecular complexity index is 979. The number of hydrogen-bond acceptors (Lipinski definition) is 7. The second-order valence-electron chi connectivity index (χ2n) is 5.80. The Morgan fingerprint density at radius 3 is 2.70 bits per heavy atom. The van der Waals surface area contributed by atoms with E-state index in [1.807, 2.05) is 19.1 Å². The van der Waals surface area contributed by atoms with E-state index in [-0.39, 0.29) is 11.6 Å². The van der Waals surface area contributed by atoms with Gasteiger partial charge in [0.25, 0.3) is 11.6 Å². The number of anilines is 1. The van der Waals surface area contributed by atoms with Gasteiger partial charge >= 0.3 is 0 Å². The molecule has 2 N–H and O–H groups in total. The third-order valence-electron chi connectivity index (χ3n) is 3.78. The summed E-state index contributed by atoms with van der Waals surface area (Å²) in [6.07, 6.45) is 0. The molecule has 0 aliphatic carbocycles. The number of furan rings is 1. The zero-order chi connectivity index (χ0) is 19.4. The summed E-state index contributed by atoms with van der Waals surface area (Å²) >= 11 is 1.27. The van der Waals surface area contributed by atoms with Crippen LogP contribution in [0.4, 0.5) is 11.4 Å². The van der Waals surface area contributed by atoms with Crippen molar-refractivity contribution < 1.29 is 14.1 Å². The molecule has 0 spiro atoms. The van der Waals surface area contributed by atoms with Gasteiger partial charge in [-0.15, -0.1) is 11.3 Å². The lowest BCUT2D eigenvalue weighted by molar-refractivity contribution is -0.384. The molecular weight excluding hydrogens is 368 g/mol. The van der Waals surface area contributed by atoms with Crippen LogP contribution in [0.25, 0.3) is 10.8 Å². The van der Waals surface area contributed by atoms with Crippen molar-refractivity contribution in [3.63, 3.8) is 0 Å². The summed E-state index contributed by atoms with van der Waals surface area (Å²) in [5.41, 5.74) is 1.05. The molecule has 0 saturated heterocycles. The fourth-order valence-electron chi connectivity index (χ4n) is 2.50. The van der Waals surface area contributed by atoms with E-state index >= 15 is 0 Å². The summed E-state index contributed by atoms with van der Waals surface area (Å²) in [4.78, 5) is 27.9. The summed E-state index contributed by atoms with van der Waals surface area (Å²) in [5, 5.41) is 17.4. The van der Waals surface area contributed by atoms with Crippen molar-refractivity contribution in [2.45, 2.75) is 13.8 Å². The van der Waals surface area contributed by atoms with Crippen LogP contribution in [0.15, 0.2) is 40.8 Å². The SMILES string of the molecule is Cc1ccc(-c2nc(C)c(C(=O)NCCNc3ccccc3[N+](=O)[O-])s2)o1. The van der Waals surface area contributed by atoms with Crippen LogP contribution in [0.3, 0.4) is 0 Å². The first-order valence-corrected chi connectivity index (χ1v) is 9.07.